The van der Waals surface area contributed by atoms with E-state index in [1.54, 1.807) is 26.0 Å². The number of rotatable bonds is 26. The van der Waals surface area contributed by atoms with Crippen LogP contribution in [0.2, 0.25) is 0 Å². The molecule has 34 nitrogen and oxygen atoms in total. The van der Waals surface area contributed by atoms with E-state index >= 15 is 0 Å². The molecule has 1 fully saturated rings. The third kappa shape index (κ3) is 62.3. The molecule has 510 valence electrons. The van der Waals surface area contributed by atoms with E-state index < -0.39 is 41.5 Å². The molecule has 1 saturated heterocycles. The molecule has 0 unspecified atom stereocenters. The first-order valence-electron chi connectivity index (χ1n) is 26.3. The number of nitrogens with two attached hydrogens (primary N) is 2. The van der Waals surface area contributed by atoms with Crippen molar-refractivity contribution < 1.29 is 163 Å². The van der Waals surface area contributed by atoms with Gasteiger partial charge < -0.3 is 56.2 Å². The number of allylic oxidation sites excluding steroid dienone is 2. The zero-order chi connectivity index (χ0) is 69.2. The number of nitrogens with zero attached hydrogens (tertiary/aromatic N) is 7. The predicted molar refractivity (Wildman–Crippen MR) is 324 cm³/mol. The van der Waals surface area contributed by atoms with Gasteiger partial charge >= 0.3 is 87.2 Å². The number of aliphatic carboxylic acids is 2. The third-order valence-corrected chi connectivity index (χ3v) is 10.2. The van der Waals surface area contributed by atoms with Crippen LogP contribution in [0.25, 0.3) is 0 Å². The van der Waals surface area contributed by atoms with E-state index in [4.69, 9.17) is 41.3 Å². The Hall–Kier alpha value is -5.91. The molecule has 4 aliphatic rings. The first kappa shape index (κ1) is 100. The molecule has 4 rings (SSSR count). The molecule has 3 aliphatic heterocycles. The van der Waals surface area contributed by atoms with Crippen molar-refractivity contribution in [3.05, 3.63) is 36.5 Å². The number of hydroxylamine groups is 2. The summed E-state index contributed by atoms with van der Waals surface area (Å²) in [6.45, 7) is 11.2. The van der Waals surface area contributed by atoms with Crippen LogP contribution in [-0.4, -0.2) is 280 Å². The Bertz CT molecular complexity index is 2180. The van der Waals surface area contributed by atoms with Gasteiger partial charge in [0.25, 0.3) is 41.9 Å². The summed E-state index contributed by atoms with van der Waals surface area (Å²) in [5.74, 6) is -5.84. The zero-order valence-corrected chi connectivity index (χ0v) is 58.0. The molecule has 1 aliphatic carbocycles. The molecule has 0 aromatic carbocycles. The Morgan fingerprint density at radius 1 is 0.611 bits per heavy atom. The topological polar surface area (TPSA) is 476 Å². The van der Waals surface area contributed by atoms with E-state index in [1.807, 2.05) is 18.9 Å². The van der Waals surface area contributed by atoms with Gasteiger partial charge in [0.1, 0.15) is 5.33 Å². The smallest absolute Gasteiger partial charge is 0.662 e. The average molecular weight is 1400 g/mol. The number of carbonyl (C=O) groups excluding carboxylic acids is 13. The zero-order valence-electron chi connectivity index (χ0n) is 52.4. The number of hydrogen-bond donors (Lipinski definition) is 6. The molecular formula is C53H91BrKN11O23S. The molecule has 90 heavy (non-hydrogen) atoms. The van der Waals surface area contributed by atoms with Gasteiger partial charge in [0.2, 0.25) is 0 Å². The minimum absolute atomic E-state index is 0. The van der Waals surface area contributed by atoms with E-state index in [0.29, 0.717) is 37.8 Å². The molecule has 0 aromatic rings. The third-order valence-electron chi connectivity index (χ3n) is 9.75. The largest absolute Gasteiger partial charge is 1.00 e. The predicted octanol–water partition coefficient (Wildman–Crippen LogP) is -5.64. The van der Waals surface area contributed by atoms with Gasteiger partial charge in [0.15, 0.2) is 11.6 Å². The van der Waals surface area contributed by atoms with Crippen LogP contribution in [0, 0.1) is 4.78 Å². The number of ether oxygens (including phenoxy) is 3. The van der Waals surface area contributed by atoms with Crippen molar-refractivity contribution in [2.45, 2.75) is 66.7 Å². The molecule has 3 heterocycles. The first-order chi connectivity index (χ1) is 41.5. The number of likely N-dealkylation sites (N-methyl/N-ethyl adjacent to an activating group) is 4. The number of amides is 6. The molecule has 0 aromatic heterocycles. The van der Waals surface area contributed by atoms with Gasteiger partial charge in [-0.05, 0) is 79.2 Å². The molecule has 0 atom stereocenters. The van der Waals surface area contributed by atoms with Crippen LogP contribution in [0.3, 0.4) is 0 Å². The van der Waals surface area contributed by atoms with Crippen LogP contribution < -0.4 is 73.4 Å². The number of methoxy groups -OCH3 is 3. The van der Waals surface area contributed by atoms with Gasteiger partial charge in [-0.2, -0.15) is 0 Å². The maximum absolute atomic E-state index is 11.7. The minimum Gasteiger partial charge on any atom is -0.662 e. The Morgan fingerprint density at radius 3 is 1.24 bits per heavy atom. The molecule has 0 radical (unpaired) electrons. The van der Waals surface area contributed by atoms with Gasteiger partial charge in [-0.3, -0.25) is 96.5 Å². The van der Waals surface area contributed by atoms with E-state index in [1.165, 1.54) is 67.6 Å². The summed E-state index contributed by atoms with van der Waals surface area (Å²) in [4.78, 5) is 175. The van der Waals surface area contributed by atoms with Gasteiger partial charge in [-0.1, -0.05) is 44.1 Å². The number of carboxylic acids is 2. The fraction of sp³-hybridized carbons (Fsp3) is 0.604. The number of carboxylic acid groups (broad SMARTS) is 2. The standard InChI is InChI=1S/C13H15N3O6.C9H12N2O4.C7H15NO2.C6H13NO2.C5H12N2O2.C5H4O2.C3H5BrO2.C3H9N.CH2O3.CH4.K.HNS/c1-14(6-7-15-9(17)2-3-10(15)18)8-13(21)22-16-11(19)4-5-12(16)20;1-10(6-9(14)15)4-5-11-7(12)2-3-8(11)13;1-4-5-8(2)6-7(9)10-3;1-3-4-7-5-6(8)9-2;1-7(3-2-6)4-5(8)9;6-4-1-2-5(7)3-4;1-6-3(5)2-4;1-2-3-4;2-1-4-3;;;1-2/h2-3H,4-8H2,1H3;2-3H,4-6H2,1H3,(H,14,15);4-6H2,1-3H3;7H,3-5H2,1-2H3;2-4,6H2,1H3,(H,8,9);1-2H,3H2;2H2,1H3;2-4H2,1H3;1,3H;1H4;;1H/q;;;;;;;;;;+1;/p-1. The average Bonchev–Trinajstić information content (AvgIpc) is 3.87. The van der Waals surface area contributed by atoms with Gasteiger partial charge in [-0.15, -0.1) is 5.06 Å². The second-order valence-corrected chi connectivity index (χ2v) is 17.9. The number of halogens is 1. The van der Waals surface area contributed by atoms with Crippen molar-refractivity contribution in [2.24, 2.45) is 11.5 Å². The maximum Gasteiger partial charge on any atom is 1.00 e. The fourth-order valence-electron chi connectivity index (χ4n) is 5.49. The Kier molecular flexibility index (Phi) is 75.2. The summed E-state index contributed by atoms with van der Waals surface area (Å²) in [7, 11) is 11.0. The van der Waals surface area contributed by atoms with E-state index in [0.717, 1.165) is 48.7 Å². The Balaban J connectivity index is -0.000000147. The maximum atomic E-state index is 11.7. The summed E-state index contributed by atoms with van der Waals surface area (Å²) < 4.78 is 18.4. The van der Waals surface area contributed by atoms with Crippen molar-refractivity contribution in [2.75, 3.05) is 146 Å². The molecule has 8 N–H and O–H groups in total. The van der Waals surface area contributed by atoms with Crippen molar-refractivity contribution in [3.63, 3.8) is 0 Å². The van der Waals surface area contributed by atoms with Crippen LogP contribution in [0.15, 0.2) is 36.5 Å². The normalized spacial score (nSPS) is 12.6. The van der Waals surface area contributed by atoms with E-state index in [9.17, 15) is 67.1 Å². The van der Waals surface area contributed by atoms with E-state index in [-0.39, 0.29) is 170 Å². The second-order valence-electron chi connectivity index (χ2n) is 17.4. The van der Waals surface area contributed by atoms with Crippen molar-refractivity contribution in [3.8, 4) is 0 Å². The number of hydrogen-bond acceptors (Lipinski definition) is 30. The van der Waals surface area contributed by atoms with Crippen molar-refractivity contribution in [1.29, 1.82) is 4.78 Å². The summed E-state index contributed by atoms with van der Waals surface area (Å²) in [5, 5.41) is 28.8. The fourth-order valence-corrected chi connectivity index (χ4v) is 5.72. The molecule has 0 saturated carbocycles. The van der Waals surface area contributed by atoms with Crippen LogP contribution in [0.4, 0.5) is 0 Å². The molecule has 37 heteroatoms. The monoisotopic (exact) mass is 1400 g/mol. The molecule has 0 bridgehead atoms. The summed E-state index contributed by atoms with van der Waals surface area (Å²) >= 11 is 6.23. The number of esters is 3. The minimum atomic E-state index is -0.935. The molecule has 0 spiro atoms. The summed E-state index contributed by atoms with van der Waals surface area (Å²) in [6, 6.07) is 0. The van der Waals surface area contributed by atoms with Gasteiger partial charge in [0.05, 0.1) is 60.5 Å². The number of carbonyl (C=O) groups is 15. The molecular weight excluding hydrogens is 1310 g/mol. The van der Waals surface area contributed by atoms with Gasteiger partial charge in [-0.25, -0.2) is 9.57 Å². The van der Waals surface area contributed by atoms with Crippen LogP contribution in [0.1, 0.15) is 66.7 Å². The summed E-state index contributed by atoms with van der Waals surface area (Å²) in [5.41, 5.74) is 10.2. The van der Waals surface area contributed by atoms with Crippen LogP contribution in [0.5, 0.6) is 0 Å². The number of imide groups is 3. The van der Waals surface area contributed by atoms with Gasteiger partial charge in [0, 0.05) is 88.8 Å². The van der Waals surface area contributed by atoms with Crippen molar-refractivity contribution >= 4 is 118 Å². The number of alkyl halides is 1. The van der Waals surface area contributed by atoms with E-state index in [2.05, 4.69) is 66.6 Å². The first-order valence-corrected chi connectivity index (χ1v) is 27.9. The molecule has 6 amide bonds. The van der Waals surface area contributed by atoms with Crippen LogP contribution >= 0.6 is 15.9 Å². The number of nitrogens with one attached hydrogen (secondary N) is 2. The number of ketones is 2. The Morgan fingerprint density at radius 2 is 0.967 bits per heavy atom. The second kappa shape index (κ2) is 67.5. The quantitative estimate of drug-likeness (QED) is 0.00449. The SMILES string of the molecule is C.CCCN.CCCN(C)CC(=O)OC.CCCNCC(=O)OC.CN(CCN)CC(=O)O.CN(CCN1C(=O)C=CC1=O)CC(=O)O.CN(CCN1C(=O)C=CC1=O)CC(=O)ON1C(=O)CCC1=O.COC(=O)CBr.N=S.O=C1C=CC(=O)C1.O=CO[O-].[K+]. The summed E-state index contributed by atoms with van der Waals surface area (Å²) in [6.07, 6.45) is 10.7. The van der Waals surface area contributed by atoms with Crippen molar-refractivity contribution in [1.82, 2.24) is 39.8 Å². The Labute approximate surface area is 581 Å². The van der Waals surface area contributed by atoms with Crippen LogP contribution in [-0.2, 0) is 108 Å².